The summed E-state index contributed by atoms with van der Waals surface area (Å²) < 4.78 is 12.4. The van der Waals surface area contributed by atoms with Crippen molar-refractivity contribution in [2.45, 2.75) is 13.5 Å². The van der Waals surface area contributed by atoms with Gasteiger partial charge in [-0.2, -0.15) is 5.10 Å². The van der Waals surface area contributed by atoms with Gasteiger partial charge in [0.1, 0.15) is 11.5 Å². The Labute approximate surface area is 154 Å². The lowest BCUT2D eigenvalue weighted by atomic mass is 10.1. The second kappa shape index (κ2) is 7.78. The fraction of sp³-hybridized carbons (Fsp3) is 0.474. The molecule has 140 valence electrons. The predicted molar refractivity (Wildman–Crippen MR) is 98.7 cm³/mol. The van der Waals surface area contributed by atoms with E-state index in [0.717, 1.165) is 25.3 Å². The average Bonchev–Trinajstić information content (AvgIpc) is 2.98. The molecule has 3 rings (SSSR count). The van der Waals surface area contributed by atoms with Gasteiger partial charge >= 0.3 is 0 Å². The van der Waals surface area contributed by atoms with Crippen molar-refractivity contribution in [3.63, 3.8) is 0 Å². The number of carbonyl (C=O) groups excluding carboxylic acids is 1. The van der Waals surface area contributed by atoms with E-state index in [1.807, 2.05) is 23.6 Å². The van der Waals surface area contributed by atoms with Crippen LogP contribution in [-0.2, 0) is 13.6 Å². The van der Waals surface area contributed by atoms with E-state index in [2.05, 4.69) is 16.2 Å². The van der Waals surface area contributed by atoms with Crippen molar-refractivity contribution < 1.29 is 14.3 Å². The van der Waals surface area contributed by atoms with Crippen LogP contribution in [0.15, 0.2) is 24.4 Å². The normalized spacial score (nSPS) is 15.2. The van der Waals surface area contributed by atoms with E-state index in [1.165, 1.54) is 5.56 Å². The molecule has 0 unspecified atom stereocenters. The van der Waals surface area contributed by atoms with Crippen LogP contribution in [-0.4, -0.2) is 65.9 Å². The maximum atomic E-state index is 12.8. The molecule has 1 aromatic heterocycles. The number of nitrogens with zero attached hydrogens (tertiary/aromatic N) is 4. The Kier molecular flexibility index (Phi) is 5.46. The van der Waals surface area contributed by atoms with E-state index < -0.39 is 0 Å². The lowest BCUT2D eigenvalue weighted by molar-refractivity contribution is 0.0627. The number of benzene rings is 1. The summed E-state index contributed by atoms with van der Waals surface area (Å²) in [5.41, 5.74) is 2.90. The first-order chi connectivity index (χ1) is 12.5. The first kappa shape index (κ1) is 18.3. The zero-order chi connectivity index (χ0) is 18.7. The Balaban J connectivity index is 1.62. The molecule has 0 aliphatic carbocycles. The topological polar surface area (TPSA) is 59.8 Å². The maximum Gasteiger partial charge on any atom is 0.254 e. The predicted octanol–water partition coefficient (Wildman–Crippen LogP) is 1.70. The summed E-state index contributed by atoms with van der Waals surface area (Å²) >= 11 is 0. The van der Waals surface area contributed by atoms with Crippen LogP contribution in [0.25, 0.3) is 0 Å². The Morgan fingerprint density at radius 2 is 1.69 bits per heavy atom. The van der Waals surface area contributed by atoms with Crippen LogP contribution >= 0.6 is 0 Å². The van der Waals surface area contributed by atoms with Crippen molar-refractivity contribution in [1.82, 2.24) is 19.6 Å². The summed E-state index contributed by atoms with van der Waals surface area (Å²) in [6.07, 6.45) is 2.06. The van der Waals surface area contributed by atoms with Crippen molar-refractivity contribution in [2.24, 2.45) is 7.05 Å². The molecule has 0 spiro atoms. The number of ether oxygens (including phenoxy) is 2. The molecule has 1 fully saturated rings. The summed E-state index contributed by atoms with van der Waals surface area (Å²) in [5.74, 6) is 1.26. The quantitative estimate of drug-likeness (QED) is 0.814. The highest BCUT2D eigenvalue weighted by Crippen LogP contribution is 2.24. The average molecular weight is 358 g/mol. The molecule has 0 radical (unpaired) electrons. The molecule has 7 heteroatoms. The third-order valence-electron chi connectivity index (χ3n) is 4.77. The van der Waals surface area contributed by atoms with Crippen LogP contribution in [0.3, 0.4) is 0 Å². The lowest BCUT2D eigenvalue weighted by Crippen LogP contribution is -2.48. The van der Waals surface area contributed by atoms with Gasteiger partial charge in [0.2, 0.25) is 0 Å². The van der Waals surface area contributed by atoms with Gasteiger partial charge in [0.25, 0.3) is 5.91 Å². The molecule has 2 heterocycles. The minimum atomic E-state index is 0.0133. The molecular weight excluding hydrogens is 332 g/mol. The molecular formula is C19H26N4O3. The Hall–Kier alpha value is -2.54. The second-order valence-electron chi connectivity index (χ2n) is 6.58. The van der Waals surface area contributed by atoms with Crippen molar-refractivity contribution in [2.75, 3.05) is 40.4 Å². The fourth-order valence-corrected chi connectivity index (χ4v) is 3.27. The molecule has 1 aromatic carbocycles. The highest BCUT2D eigenvalue weighted by Gasteiger charge is 2.23. The van der Waals surface area contributed by atoms with Crippen molar-refractivity contribution in [1.29, 1.82) is 0 Å². The number of hydrogen-bond acceptors (Lipinski definition) is 5. The van der Waals surface area contributed by atoms with Crippen LogP contribution in [0.1, 0.15) is 21.6 Å². The van der Waals surface area contributed by atoms with Crippen molar-refractivity contribution in [3.8, 4) is 11.5 Å². The number of aryl methyl sites for hydroxylation is 2. The molecule has 1 saturated heterocycles. The van der Waals surface area contributed by atoms with Crippen LogP contribution in [0, 0.1) is 6.92 Å². The third kappa shape index (κ3) is 3.99. The highest BCUT2D eigenvalue weighted by atomic mass is 16.5. The van der Waals surface area contributed by atoms with Gasteiger partial charge in [-0.15, -0.1) is 0 Å². The SMILES string of the molecule is COc1cc(OC)cc(C(=O)N2CCN(Cc3cn(C)nc3C)CC2)c1. The van der Waals surface area contributed by atoms with Crippen LogP contribution in [0.4, 0.5) is 0 Å². The van der Waals surface area contributed by atoms with Gasteiger partial charge in [-0.25, -0.2) is 0 Å². The maximum absolute atomic E-state index is 12.8. The fourth-order valence-electron chi connectivity index (χ4n) is 3.27. The Morgan fingerprint density at radius 3 is 2.19 bits per heavy atom. The summed E-state index contributed by atoms with van der Waals surface area (Å²) in [4.78, 5) is 17.1. The number of amides is 1. The first-order valence-electron chi connectivity index (χ1n) is 8.74. The van der Waals surface area contributed by atoms with E-state index in [9.17, 15) is 4.79 Å². The zero-order valence-electron chi connectivity index (χ0n) is 15.9. The molecule has 0 bridgehead atoms. The van der Waals surface area contributed by atoms with Gasteiger partial charge in [-0.05, 0) is 19.1 Å². The summed E-state index contributed by atoms with van der Waals surface area (Å²) in [6, 6.07) is 5.29. The summed E-state index contributed by atoms with van der Waals surface area (Å²) in [7, 11) is 5.11. The zero-order valence-corrected chi connectivity index (χ0v) is 15.9. The number of methoxy groups -OCH3 is 2. The smallest absolute Gasteiger partial charge is 0.254 e. The summed E-state index contributed by atoms with van der Waals surface area (Å²) in [5, 5.41) is 4.39. The number of rotatable bonds is 5. The largest absolute Gasteiger partial charge is 0.497 e. The van der Waals surface area contributed by atoms with Gasteiger partial charge in [-0.1, -0.05) is 0 Å². The molecule has 0 N–H and O–H groups in total. The molecule has 1 aliphatic rings. The second-order valence-corrected chi connectivity index (χ2v) is 6.58. The van der Waals surface area contributed by atoms with Gasteiger partial charge in [0.05, 0.1) is 19.9 Å². The molecule has 1 aliphatic heterocycles. The number of carbonyl (C=O) groups is 1. The lowest BCUT2D eigenvalue weighted by Gasteiger charge is -2.34. The van der Waals surface area contributed by atoms with E-state index in [-0.39, 0.29) is 5.91 Å². The minimum absolute atomic E-state index is 0.0133. The Bertz CT molecular complexity index is 757. The first-order valence-corrected chi connectivity index (χ1v) is 8.74. The molecule has 7 nitrogen and oxygen atoms in total. The van der Waals surface area contributed by atoms with Crippen LogP contribution < -0.4 is 9.47 Å². The number of hydrogen-bond donors (Lipinski definition) is 0. The molecule has 1 amide bonds. The highest BCUT2D eigenvalue weighted by molar-refractivity contribution is 5.95. The number of piperazine rings is 1. The Morgan fingerprint density at radius 1 is 1.08 bits per heavy atom. The van der Waals surface area contributed by atoms with E-state index in [4.69, 9.17) is 9.47 Å². The van der Waals surface area contributed by atoms with E-state index >= 15 is 0 Å². The van der Waals surface area contributed by atoms with Gasteiger partial charge in [-0.3, -0.25) is 14.4 Å². The van der Waals surface area contributed by atoms with Crippen LogP contribution in [0.5, 0.6) is 11.5 Å². The van der Waals surface area contributed by atoms with E-state index in [0.29, 0.717) is 30.2 Å². The summed E-state index contributed by atoms with van der Waals surface area (Å²) in [6.45, 7) is 6.01. The molecule has 0 atom stereocenters. The van der Waals surface area contributed by atoms with E-state index in [1.54, 1.807) is 32.4 Å². The minimum Gasteiger partial charge on any atom is -0.497 e. The molecule has 2 aromatic rings. The monoisotopic (exact) mass is 358 g/mol. The molecule has 0 saturated carbocycles. The van der Waals surface area contributed by atoms with Crippen molar-refractivity contribution >= 4 is 5.91 Å². The molecule has 26 heavy (non-hydrogen) atoms. The third-order valence-corrected chi connectivity index (χ3v) is 4.77. The van der Waals surface area contributed by atoms with Crippen molar-refractivity contribution in [3.05, 3.63) is 41.2 Å². The number of aromatic nitrogens is 2. The standard InChI is InChI=1S/C19H26N4O3/c1-14-16(12-21(2)20-14)13-22-5-7-23(8-6-22)19(24)15-9-17(25-3)11-18(10-15)26-4/h9-12H,5-8,13H2,1-4H3. The van der Waals surface area contributed by atoms with Gasteiger partial charge in [0.15, 0.2) is 0 Å². The van der Waals surface area contributed by atoms with Gasteiger partial charge < -0.3 is 14.4 Å². The van der Waals surface area contributed by atoms with Crippen LogP contribution in [0.2, 0.25) is 0 Å². The van der Waals surface area contributed by atoms with Gasteiger partial charge in [0, 0.05) is 63.2 Å².